The van der Waals surface area contributed by atoms with E-state index in [4.69, 9.17) is 5.73 Å². The van der Waals surface area contributed by atoms with Crippen LogP contribution in [0, 0.1) is 9.39 Å². The summed E-state index contributed by atoms with van der Waals surface area (Å²) in [6.45, 7) is 0. The van der Waals surface area contributed by atoms with Crippen molar-refractivity contribution in [3.8, 4) is 0 Å². The molecule has 0 aromatic heterocycles. The van der Waals surface area contributed by atoms with Crippen LogP contribution in [0.15, 0.2) is 18.2 Å². The Hall–Kier alpha value is -0.160. The third-order valence-corrected chi connectivity index (χ3v) is 3.62. The number of benzene rings is 1. The lowest BCUT2D eigenvalue weighted by atomic mass is 9.73. The highest BCUT2D eigenvalue weighted by Crippen LogP contribution is 2.38. The van der Waals surface area contributed by atoms with Gasteiger partial charge in [0, 0.05) is 9.11 Å². The molecular weight excluding hydrogens is 280 g/mol. The summed E-state index contributed by atoms with van der Waals surface area (Å²) in [6, 6.07) is 5.29. The van der Waals surface area contributed by atoms with Crippen LogP contribution in [-0.4, -0.2) is 0 Å². The van der Waals surface area contributed by atoms with E-state index in [9.17, 15) is 4.39 Å². The molecule has 0 unspecified atom stereocenters. The number of hydrogen-bond acceptors (Lipinski definition) is 1. The van der Waals surface area contributed by atoms with Gasteiger partial charge >= 0.3 is 0 Å². The Balaban J connectivity index is 2.36. The van der Waals surface area contributed by atoms with Crippen molar-refractivity contribution in [2.75, 3.05) is 0 Å². The molecule has 1 nitrogen and oxygen atoms in total. The first-order valence-corrected chi connectivity index (χ1v) is 5.44. The van der Waals surface area contributed by atoms with Gasteiger partial charge in [-0.25, -0.2) is 4.39 Å². The van der Waals surface area contributed by atoms with Gasteiger partial charge in [-0.2, -0.15) is 0 Å². The van der Waals surface area contributed by atoms with Gasteiger partial charge in [0.1, 0.15) is 5.82 Å². The first-order chi connectivity index (χ1) is 6.12. The number of nitrogens with two attached hydrogens (primary N) is 1. The average molecular weight is 291 g/mol. The highest BCUT2D eigenvalue weighted by Gasteiger charge is 2.34. The predicted octanol–water partition coefficient (Wildman–Crippen LogP) is 2.77. The fourth-order valence-electron chi connectivity index (χ4n) is 1.65. The van der Waals surface area contributed by atoms with Gasteiger partial charge in [0.25, 0.3) is 0 Å². The molecule has 0 radical (unpaired) electrons. The van der Waals surface area contributed by atoms with E-state index >= 15 is 0 Å². The molecule has 2 N–H and O–H groups in total. The smallest absolute Gasteiger partial charge is 0.136 e. The van der Waals surface area contributed by atoms with Crippen LogP contribution < -0.4 is 5.73 Å². The van der Waals surface area contributed by atoms with Crippen molar-refractivity contribution in [1.82, 2.24) is 0 Å². The second-order valence-electron chi connectivity index (χ2n) is 3.64. The summed E-state index contributed by atoms with van der Waals surface area (Å²) >= 11 is 1.98. The number of rotatable bonds is 1. The van der Waals surface area contributed by atoms with Crippen molar-refractivity contribution >= 4 is 22.6 Å². The lowest BCUT2D eigenvalue weighted by Crippen LogP contribution is -2.43. The van der Waals surface area contributed by atoms with Gasteiger partial charge in [0.05, 0.1) is 0 Å². The van der Waals surface area contributed by atoms with E-state index in [1.54, 1.807) is 12.1 Å². The van der Waals surface area contributed by atoms with Crippen molar-refractivity contribution < 1.29 is 4.39 Å². The molecule has 1 saturated carbocycles. The molecule has 1 aliphatic rings. The fourth-order valence-corrected chi connectivity index (χ4v) is 1.99. The van der Waals surface area contributed by atoms with Crippen LogP contribution in [0.2, 0.25) is 0 Å². The van der Waals surface area contributed by atoms with Gasteiger partial charge in [-0.05, 0) is 59.5 Å². The molecule has 0 heterocycles. The van der Waals surface area contributed by atoms with Gasteiger partial charge in [0.15, 0.2) is 0 Å². The second-order valence-corrected chi connectivity index (χ2v) is 4.80. The molecule has 70 valence electrons. The lowest BCUT2D eigenvalue weighted by molar-refractivity contribution is 0.253. The van der Waals surface area contributed by atoms with Gasteiger partial charge in [0.2, 0.25) is 0 Å². The van der Waals surface area contributed by atoms with Crippen LogP contribution in [0.4, 0.5) is 4.39 Å². The molecule has 0 bridgehead atoms. The molecule has 0 aliphatic heterocycles. The molecule has 1 fully saturated rings. The molecule has 0 atom stereocenters. The Bertz CT molecular complexity index is 334. The quantitative estimate of drug-likeness (QED) is 0.791. The van der Waals surface area contributed by atoms with Gasteiger partial charge < -0.3 is 5.73 Å². The van der Waals surface area contributed by atoms with Crippen molar-refractivity contribution in [3.05, 3.63) is 33.1 Å². The summed E-state index contributed by atoms with van der Waals surface area (Å²) in [4.78, 5) is 0. The summed E-state index contributed by atoms with van der Waals surface area (Å²) < 4.78 is 13.9. The van der Waals surface area contributed by atoms with E-state index in [0.29, 0.717) is 3.57 Å². The molecule has 3 heteroatoms. The average Bonchev–Trinajstić information content (AvgIpc) is 2.06. The Morgan fingerprint density at radius 2 is 2.08 bits per heavy atom. The largest absolute Gasteiger partial charge is 0.321 e. The van der Waals surface area contributed by atoms with Gasteiger partial charge in [-0.3, -0.25) is 0 Å². The minimum absolute atomic E-state index is 0.158. The minimum atomic E-state index is -0.245. The molecule has 0 amide bonds. The molecule has 1 aliphatic carbocycles. The molecule has 1 aromatic carbocycles. The Labute approximate surface area is 90.7 Å². The lowest BCUT2D eigenvalue weighted by Gasteiger charge is -2.38. The van der Waals surface area contributed by atoms with Crippen LogP contribution >= 0.6 is 22.6 Å². The molecule has 0 spiro atoms. The standard InChI is InChI=1S/C10H11FIN/c11-8-6-7(2-3-9(8)12)10(13)4-1-5-10/h2-3,6H,1,4-5,13H2. The summed E-state index contributed by atoms with van der Waals surface area (Å²) in [5.74, 6) is -0.158. The van der Waals surface area contributed by atoms with Crippen LogP contribution in [0.3, 0.4) is 0 Å². The third kappa shape index (κ3) is 1.59. The Kier molecular flexibility index (Phi) is 2.32. The SMILES string of the molecule is NC1(c2ccc(I)c(F)c2)CCC1. The van der Waals surface area contributed by atoms with Crippen LogP contribution in [0.1, 0.15) is 24.8 Å². The van der Waals surface area contributed by atoms with Crippen LogP contribution in [0.25, 0.3) is 0 Å². The fraction of sp³-hybridized carbons (Fsp3) is 0.400. The highest BCUT2D eigenvalue weighted by molar-refractivity contribution is 14.1. The molecule has 0 saturated heterocycles. The Morgan fingerprint density at radius 1 is 1.38 bits per heavy atom. The van der Waals surface area contributed by atoms with E-state index in [1.807, 2.05) is 28.7 Å². The van der Waals surface area contributed by atoms with Gasteiger partial charge in [-0.1, -0.05) is 6.07 Å². The topological polar surface area (TPSA) is 26.0 Å². The van der Waals surface area contributed by atoms with Crippen LogP contribution in [0.5, 0.6) is 0 Å². The molecule has 1 aromatic rings. The van der Waals surface area contributed by atoms with Crippen molar-refractivity contribution in [2.45, 2.75) is 24.8 Å². The van der Waals surface area contributed by atoms with Gasteiger partial charge in [-0.15, -0.1) is 0 Å². The normalized spacial score (nSPS) is 19.6. The summed E-state index contributed by atoms with van der Waals surface area (Å²) in [5, 5.41) is 0. The predicted molar refractivity (Wildman–Crippen MR) is 58.8 cm³/mol. The van der Waals surface area contributed by atoms with E-state index in [0.717, 1.165) is 24.8 Å². The molecule has 2 rings (SSSR count). The second kappa shape index (κ2) is 3.20. The third-order valence-electron chi connectivity index (χ3n) is 2.74. The summed E-state index contributed by atoms with van der Waals surface area (Å²) in [7, 11) is 0. The zero-order valence-corrected chi connectivity index (χ0v) is 9.34. The minimum Gasteiger partial charge on any atom is -0.321 e. The maximum Gasteiger partial charge on any atom is 0.136 e. The zero-order chi connectivity index (χ0) is 9.47. The van der Waals surface area contributed by atoms with Crippen molar-refractivity contribution in [1.29, 1.82) is 0 Å². The highest BCUT2D eigenvalue weighted by atomic mass is 127. The zero-order valence-electron chi connectivity index (χ0n) is 7.19. The van der Waals surface area contributed by atoms with E-state index in [1.165, 1.54) is 0 Å². The van der Waals surface area contributed by atoms with E-state index < -0.39 is 0 Å². The van der Waals surface area contributed by atoms with Crippen molar-refractivity contribution in [3.63, 3.8) is 0 Å². The Morgan fingerprint density at radius 3 is 2.54 bits per heavy atom. The maximum absolute atomic E-state index is 13.2. The van der Waals surface area contributed by atoms with Crippen LogP contribution in [-0.2, 0) is 5.54 Å². The summed E-state index contributed by atoms with van der Waals surface area (Å²) in [6.07, 6.45) is 3.12. The molecular formula is C10H11FIN. The van der Waals surface area contributed by atoms with E-state index in [2.05, 4.69) is 0 Å². The number of hydrogen-bond donors (Lipinski definition) is 1. The maximum atomic E-state index is 13.2. The first-order valence-electron chi connectivity index (χ1n) is 4.36. The summed E-state index contributed by atoms with van der Waals surface area (Å²) in [5.41, 5.74) is 6.77. The first kappa shape index (κ1) is 9.40. The molecule has 13 heavy (non-hydrogen) atoms. The van der Waals surface area contributed by atoms with E-state index in [-0.39, 0.29) is 11.4 Å². The monoisotopic (exact) mass is 291 g/mol. The number of halogens is 2. The van der Waals surface area contributed by atoms with Crippen molar-refractivity contribution in [2.24, 2.45) is 5.73 Å².